The Balaban J connectivity index is 1.26. The molecule has 5 aromatic rings. The zero-order valence-electron chi connectivity index (χ0n) is 24.0. The molecule has 4 aromatic heterocycles. The average molecular weight is 565 g/mol. The standard InChI is InChI=1S/C32H36N8O2/c1-21-18-34-22(19-33-21)20-35-32(42)28-29(41)24-12-13-27(37-30(24)40-26-11-6-5-10-25(26)36-31(28)40)39-15-7-14-38(16-17-39)23-8-3-2-4-9-23/h5-6,10-13,18-19,23,36H,2-4,7-9,14-17,20H2,1H3,(H,35,42). The number of carbonyl (C=O) groups excluding carboxylic acids is 1. The summed E-state index contributed by atoms with van der Waals surface area (Å²) in [6.07, 6.45) is 11.0. The quantitative estimate of drug-likeness (QED) is 0.329. The predicted octanol–water partition coefficient (Wildman–Crippen LogP) is 4.20. The molecular formula is C32H36N8O2. The van der Waals surface area contributed by atoms with Gasteiger partial charge in [-0.2, -0.15) is 0 Å². The molecule has 2 fully saturated rings. The van der Waals surface area contributed by atoms with E-state index in [1.54, 1.807) is 12.4 Å². The molecule has 0 spiro atoms. The van der Waals surface area contributed by atoms with Crippen molar-refractivity contribution < 1.29 is 4.79 Å². The summed E-state index contributed by atoms with van der Waals surface area (Å²) in [5, 5.41) is 3.29. The molecule has 0 bridgehead atoms. The number of aryl methyl sites for hydroxylation is 1. The molecule has 10 heteroatoms. The first-order valence-corrected chi connectivity index (χ1v) is 15.1. The van der Waals surface area contributed by atoms with E-state index in [1.807, 2.05) is 47.7 Å². The van der Waals surface area contributed by atoms with Gasteiger partial charge in [-0.15, -0.1) is 0 Å². The maximum Gasteiger partial charge on any atom is 0.259 e. The minimum Gasteiger partial charge on any atom is -0.355 e. The summed E-state index contributed by atoms with van der Waals surface area (Å²) < 4.78 is 1.92. The molecule has 1 aliphatic carbocycles. The minimum atomic E-state index is -0.465. The highest BCUT2D eigenvalue weighted by atomic mass is 16.2. The van der Waals surface area contributed by atoms with Crippen molar-refractivity contribution in [2.45, 2.75) is 58.0 Å². The second-order valence-corrected chi connectivity index (χ2v) is 11.6. The Labute approximate surface area is 243 Å². The third-order valence-corrected chi connectivity index (χ3v) is 8.84. The molecule has 0 radical (unpaired) electrons. The number of H-pyrrole nitrogens is 1. The van der Waals surface area contributed by atoms with Crippen LogP contribution in [0.3, 0.4) is 0 Å². The topological polar surface area (TPSA) is 112 Å². The second-order valence-electron chi connectivity index (χ2n) is 11.6. The van der Waals surface area contributed by atoms with E-state index in [9.17, 15) is 9.59 Å². The van der Waals surface area contributed by atoms with Gasteiger partial charge in [0.2, 0.25) is 5.43 Å². The number of benzene rings is 1. The van der Waals surface area contributed by atoms with E-state index in [0.717, 1.165) is 55.1 Å². The first kappa shape index (κ1) is 26.6. The van der Waals surface area contributed by atoms with Gasteiger partial charge in [-0.3, -0.25) is 28.9 Å². The molecule has 0 unspecified atom stereocenters. The largest absolute Gasteiger partial charge is 0.355 e. The van der Waals surface area contributed by atoms with Gasteiger partial charge >= 0.3 is 0 Å². The number of imidazole rings is 1. The van der Waals surface area contributed by atoms with Crippen LogP contribution in [0.1, 0.15) is 60.3 Å². The number of para-hydroxylation sites is 2. The monoisotopic (exact) mass is 564 g/mol. The van der Waals surface area contributed by atoms with Crippen molar-refractivity contribution in [3.05, 3.63) is 76.0 Å². The Morgan fingerprint density at radius 2 is 1.83 bits per heavy atom. The highest BCUT2D eigenvalue weighted by Crippen LogP contribution is 2.27. The molecule has 1 aliphatic heterocycles. The third-order valence-electron chi connectivity index (χ3n) is 8.84. The van der Waals surface area contributed by atoms with Crippen LogP contribution in [-0.2, 0) is 6.54 Å². The molecule has 10 nitrogen and oxygen atoms in total. The third kappa shape index (κ3) is 4.89. The lowest BCUT2D eigenvalue weighted by atomic mass is 9.94. The lowest BCUT2D eigenvalue weighted by Gasteiger charge is -2.33. The zero-order valence-corrected chi connectivity index (χ0v) is 24.0. The van der Waals surface area contributed by atoms with E-state index >= 15 is 0 Å². The fourth-order valence-corrected chi connectivity index (χ4v) is 6.64. The van der Waals surface area contributed by atoms with Crippen LogP contribution in [0.25, 0.3) is 27.7 Å². The fourth-order valence-electron chi connectivity index (χ4n) is 6.64. The second kappa shape index (κ2) is 11.2. The number of nitrogens with one attached hydrogen (secondary N) is 2. The molecule has 42 heavy (non-hydrogen) atoms. The van der Waals surface area contributed by atoms with Crippen LogP contribution in [0.4, 0.5) is 5.82 Å². The normalized spacial score (nSPS) is 17.2. The Morgan fingerprint density at radius 1 is 0.976 bits per heavy atom. The first-order valence-electron chi connectivity index (χ1n) is 15.1. The van der Waals surface area contributed by atoms with E-state index in [1.165, 1.54) is 32.1 Å². The van der Waals surface area contributed by atoms with Crippen LogP contribution >= 0.6 is 0 Å². The first-order chi connectivity index (χ1) is 20.6. The molecule has 2 N–H and O–H groups in total. The summed E-state index contributed by atoms with van der Waals surface area (Å²) >= 11 is 0. The van der Waals surface area contributed by atoms with Crippen LogP contribution in [0.15, 0.2) is 53.6 Å². The number of pyridine rings is 2. The van der Waals surface area contributed by atoms with Crippen LogP contribution in [0.2, 0.25) is 0 Å². The van der Waals surface area contributed by atoms with E-state index < -0.39 is 5.91 Å². The molecule has 1 amide bonds. The molecule has 2 aliphatic rings. The number of anilines is 1. The molecule has 0 atom stereocenters. The van der Waals surface area contributed by atoms with E-state index in [-0.39, 0.29) is 17.5 Å². The van der Waals surface area contributed by atoms with E-state index in [0.29, 0.717) is 28.4 Å². The summed E-state index contributed by atoms with van der Waals surface area (Å²) in [6.45, 7) is 6.00. The smallest absolute Gasteiger partial charge is 0.259 e. The highest BCUT2D eigenvalue weighted by Gasteiger charge is 2.26. The number of hydrogen-bond donors (Lipinski definition) is 2. The Kier molecular flexibility index (Phi) is 7.07. The summed E-state index contributed by atoms with van der Waals surface area (Å²) in [4.78, 5) is 49.4. The lowest BCUT2D eigenvalue weighted by molar-refractivity contribution is 0.0950. The van der Waals surface area contributed by atoms with Gasteiger partial charge in [-0.25, -0.2) is 4.98 Å². The number of aromatic amines is 1. The van der Waals surface area contributed by atoms with Gasteiger partial charge in [-0.05, 0) is 50.5 Å². The van der Waals surface area contributed by atoms with Crippen LogP contribution in [-0.4, -0.2) is 67.4 Å². The minimum absolute atomic E-state index is 0.0613. The number of rotatable bonds is 5. The lowest BCUT2D eigenvalue weighted by Crippen LogP contribution is -2.39. The fraction of sp³-hybridized carbons (Fsp3) is 0.406. The summed E-state index contributed by atoms with van der Waals surface area (Å²) in [6, 6.07) is 12.3. The van der Waals surface area contributed by atoms with Crippen molar-refractivity contribution >= 4 is 39.4 Å². The SMILES string of the molecule is Cc1cnc(CNC(=O)c2c(=O)c3ccc(N4CCCN(C5CCCCC5)CC4)nc3n3c2[nH]c2ccccc23)cn1. The van der Waals surface area contributed by atoms with Crippen molar-refractivity contribution in [2.24, 2.45) is 0 Å². The van der Waals surface area contributed by atoms with Crippen molar-refractivity contribution in [1.82, 2.24) is 34.6 Å². The van der Waals surface area contributed by atoms with Crippen molar-refractivity contribution in [2.75, 3.05) is 31.1 Å². The van der Waals surface area contributed by atoms with Gasteiger partial charge in [-0.1, -0.05) is 31.4 Å². The molecule has 7 rings (SSSR count). The summed E-state index contributed by atoms with van der Waals surface area (Å²) in [7, 11) is 0. The zero-order chi connectivity index (χ0) is 28.6. The van der Waals surface area contributed by atoms with Gasteiger partial charge < -0.3 is 15.2 Å². The van der Waals surface area contributed by atoms with Crippen molar-refractivity contribution in [1.29, 1.82) is 0 Å². The van der Waals surface area contributed by atoms with Gasteiger partial charge in [0.05, 0.1) is 40.5 Å². The van der Waals surface area contributed by atoms with Crippen LogP contribution < -0.4 is 15.6 Å². The molecule has 5 heterocycles. The number of carbonyl (C=O) groups is 1. The number of hydrogen-bond acceptors (Lipinski definition) is 7. The number of fused-ring (bicyclic) bond motifs is 5. The van der Waals surface area contributed by atoms with Gasteiger partial charge in [0, 0.05) is 38.4 Å². The molecule has 1 aromatic carbocycles. The maximum absolute atomic E-state index is 13.9. The molecule has 1 saturated heterocycles. The highest BCUT2D eigenvalue weighted by molar-refractivity contribution is 6.05. The van der Waals surface area contributed by atoms with Crippen molar-refractivity contribution in [3.8, 4) is 0 Å². The molecular weight excluding hydrogens is 528 g/mol. The van der Waals surface area contributed by atoms with E-state index in [4.69, 9.17) is 4.98 Å². The summed E-state index contributed by atoms with van der Waals surface area (Å²) in [5.74, 6) is 0.398. The average Bonchev–Trinajstić information content (AvgIpc) is 3.22. The van der Waals surface area contributed by atoms with Crippen LogP contribution in [0.5, 0.6) is 0 Å². The number of amides is 1. The van der Waals surface area contributed by atoms with Gasteiger partial charge in [0.25, 0.3) is 5.91 Å². The Bertz CT molecular complexity index is 1820. The Hall–Kier alpha value is -4.31. The number of aromatic nitrogens is 5. The Morgan fingerprint density at radius 3 is 2.67 bits per heavy atom. The van der Waals surface area contributed by atoms with E-state index in [2.05, 4.69) is 30.1 Å². The predicted molar refractivity (Wildman–Crippen MR) is 164 cm³/mol. The van der Waals surface area contributed by atoms with Gasteiger partial charge in [0.15, 0.2) is 5.65 Å². The number of nitrogens with zero attached hydrogens (tertiary/aromatic N) is 6. The van der Waals surface area contributed by atoms with Gasteiger partial charge in [0.1, 0.15) is 17.0 Å². The molecule has 1 saturated carbocycles. The maximum atomic E-state index is 13.9. The van der Waals surface area contributed by atoms with Crippen molar-refractivity contribution in [3.63, 3.8) is 0 Å². The molecule has 216 valence electrons. The summed E-state index contributed by atoms with van der Waals surface area (Å²) in [5.41, 5.74) is 3.81. The van der Waals surface area contributed by atoms with Crippen LogP contribution in [0, 0.1) is 6.92 Å².